The first-order valence-corrected chi connectivity index (χ1v) is 6.38. The van der Waals surface area contributed by atoms with Gasteiger partial charge in [-0.3, -0.25) is 0 Å². The van der Waals surface area contributed by atoms with Gasteiger partial charge in [-0.2, -0.15) is 0 Å². The lowest BCUT2D eigenvalue weighted by Crippen LogP contribution is -2.03. The van der Waals surface area contributed by atoms with Crippen LogP contribution in [0.4, 0.5) is 0 Å². The molecule has 17 heavy (non-hydrogen) atoms. The number of nitrogens with zero attached hydrogens (tertiary/aromatic N) is 2. The predicted octanol–water partition coefficient (Wildman–Crippen LogP) is 3.55. The molecular weight excluding hydrogens is 280 g/mol. The summed E-state index contributed by atoms with van der Waals surface area (Å²) in [5, 5.41) is 0. The molecule has 0 radical (unpaired) electrons. The van der Waals surface area contributed by atoms with Crippen LogP contribution in [-0.2, 0) is 13.2 Å². The summed E-state index contributed by atoms with van der Waals surface area (Å²) in [6.45, 7) is 5.61. The summed E-state index contributed by atoms with van der Waals surface area (Å²) >= 11 is 3.47. The molecule has 0 bridgehead atoms. The van der Waals surface area contributed by atoms with Crippen molar-refractivity contribution in [1.29, 1.82) is 0 Å². The van der Waals surface area contributed by atoms with Crippen molar-refractivity contribution in [3.05, 3.63) is 46.5 Å². The summed E-state index contributed by atoms with van der Waals surface area (Å²) in [6, 6.07) is 5.99. The first-order valence-electron chi connectivity index (χ1n) is 5.58. The van der Waals surface area contributed by atoms with E-state index in [1.807, 2.05) is 37.6 Å². The van der Waals surface area contributed by atoms with Crippen LogP contribution in [0.15, 0.2) is 35.2 Å². The number of halogens is 1. The van der Waals surface area contributed by atoms with Gasteiger partial charge >= 0.3 is 0 Å². The van der Waals surface area contributed by atoms with Crippen LogP contribution in [0.1, 0.15) is 18.2 Å². The number of imidazole rings is 1. The van der Waals surface area contributed by atoms with Crippen molar-refractivity contribution in [1.82, 2.24) is 9.55 Å². The van der Waals surface area contributed by atoms with Gasteiger partial charge in [0, 0.05) is 11.0 Å². The lowest BCUT2D eigenvalue weighted by molar-refractivity contribution is 0.295. The molecule has 1 aromatic heterocycles. The minimum absolute atomic E-state index is 0.551. The molecule has 0 saturated heterocycles. The lowest BCUT2D eigenvalue weighted by Gasteiger charge is -2.09. The second-order valence-electron chi connectivity index (χ2n) is 3.87. The maximum absolute atomic E-state index is 5.75. The van der Waals surface area contributed by atoms with Crippen molar-refractivity contribution < 1.29 is 4.74 Å². The minimum Gasteiger partial charge on any atom is -0.487 e. The fourth-order valence-corrected chi connectivity index (χ4v) is 1.86. The van der Waals surface area contributed by atoms with Crippen LogP contribution < -0.4 is 4.74 Å². The molecule has 0 aliphatic carbocycles. The van der Waals surface area contributed by atoms with Crippen molar-refractivity contribution in [3.63, 3.8) is 0 Å². The maximum atomic E-state index is 5.75. The molecule has 2 rings (SSSR count). The summed E-state index contributed by atoms with van der Waals surface area (Å²) in [5.74, 6) is 0.884. The number of rotatable bonds is 4. The molecule has 0 aliphatic heterocycles. The summed E-state index contributed by atoms with van der Waals surface area (Å²) in [7, 11) is 0. The van der Waals surface area contributed by atoms with Gasteiger partial charge in [0.1, 0.15) is 12.4 Å². The Hall–Kier alpha value is -1.29. The van der Waals surface area contributed by atoms with E-state index in [0.29, 0.717) is 6.61 Å². The molecule has 2 aromatic rings. The summed E-state index contributed by atoms with van der Waals surface area (Å²) in [4.78, 5) is 4.11. The van der Waals surface area contributed by atoms with E-state index in [9.17, 15) is 0 Å². The Balaban J connectivity index is 2.05. The monoisotopic (exact) mass is 294 g/mol. The van der Waals surface area contributed by atoms with Gasteiger partial charge in [-0.05, 0) is 37.6 Å². The number of aromatic nitrogens is 2. The topological polar surface area (TPSA) is 27.1 Å². The predicted molar refractivity (Wildman–Crippen MR) is 71.1 cm³/mol. The highest BCUT2D eigenvalue weighted by Gasteiger charge is 2.02. The molecule has 4 heteroatoms. The van der Waals surface area contributed by atoms with Gasteiger partial charge in [-0.15, -0.1) is 0 Å². The van der Waals surface area contributed by atoms with Crippen molar-refractivity contribution in [2.24, 2.45) is 0 Å². The standard InChI is InChI=1S/C13H15BrN2O/c1-3-16-9-15-7-11(16)8-17-12-4-5-13(14)10(2)6-12/h4-7,9H,3,8H2,1-2H3. The zero-order chi connectivity index (χ0) is 12.3. The number of aryl methyl sites for hydroxylation is 2. The first-order chi connectivity index (χ1) is 8.20. The molecule has 0 N–H and O–H groups in total. The van der Waals surface area contributed by atoms with Gasteiger partial charge in [-0.25, -0.2) is 4.98 Å². The average molecular weight is 295 g/mol. The Morgan fingerprint density at radius 2 is 2.24 bits per heavy atom. The third kappa shape index (κ3) is 2.88. The number of ether oxygens (including phenoxy) is 1. The maximum Gasteiger partial charge on any atom is 0.130 e. The molecule has 0 fully saturated rings. The quantitative estimate of drug-likeness (QED) is 0.862. The van der Waals surface area contributed by atoms with Gasteiger partial charge in [-0.1, -0.05) is 15.9 Å². The van der Waals surface area contributed by atoms with E-state index in [1.165, 1.54) is 5.56 Å². The van der Waals surface area contributed by atoms with E-state index >= 15 is 0 Å². The molecule has 1 aromatic carbocycles. The van der Waals surface area contributed by atoms with Gasteiger partial charge in [0.15, 0.2) is 0 Å². The second-order valence-corrected chi connectivity index (χ2v) is 4.72. The Labute approximate surface area is 110 Å². The summed E-state index contributed by atoms with van der Waals surface area (Å²) in [5.41, 5.74) is 2.26. The molecule has 0 atom stereocenters. The number of hydrogen-bond acceptors (Lipinski definition) is 2. The van der Waals surface area contributed by atoms with Crippen LogP contribution in [0.3, 0.4) is 0 Å². The third-order valence-corrected chi connectivity index (χ3v) is 3.55. The smallest absolute Gasteiger partial charge is 0.130 e. The Morgan fingerprint density at radius 3 is 2.94 bits per heavy atom. The van der Waals surface area contributed by atoms with Crippen LogP contribution in [0.2, 0.25) is 0 Å². The van der Waals surface area contributed by atoms with Gasteiger partial charge in [0.25, 0.3) is 0 Å². The molecule has 90 valence electrons. The second kappa shape index (κ2) is 5.36. The fourth-order valence-electron chi connectivity index (χ4n) is 1.62. The van der Waals surface area contributed by atoms with E-state index in [1.54, 1.807) is 0 Å². The number of benzene rings is 1. The zero-order valence-electron chi connectivity index (χ0n) is 9.98. The van der Waals surface area contributed by atoms with Crippen LogP contribution in [0, 0.1) is 6.92 Å². The Morgan fingerprint density at radius 1 is 1.41 bits per heavy atom. The molecule has 3 nitrogen and oxygen atoms in total. The molecular formula is C13H15BrN2O. The van der Waals surface area contributed by atoms with Crippen molar-refractivity contribution in [3.8, 4) is 5.75 Å². The average Bonchev–Trinajstić information content (AvgIpc) is 2.78. The Kier molecular flexibility index (Phi) is 3.84. The van der Waals surface area contributed by atoms with Gasteiger partial charge in [0.2, 0.25) is 0 Å². The van der Waals surface area contributed by atoms with E-state index in [4.69, 9.17) is 4.74 Å². The van der Waals surface area contributed by atoms with E-state index in [-0.39, 0.29) is 0 Å². The summed E-state index contributed by atoms with van der Waals surface area (Å²) in [6.07, 6.45) is 3.67. The Bertz CT molecular complexity index is 508. The molecule has 0 unspecified atom stereocenters. The van der Waals surface area contributed by atoms with Crippen LogP contribution in [0.5, 0.6) is 5.75 Å². The normalized spacial score (nSPS) is 10.5. The van der Waals surface area contributed by atoms with Gasteiger partial charge in [0.05, 0.1) is 18.2 Å². The highest BCUT2D eigenvalue weighted by Crippen LogP contribution is 2.22. The van der Waals surface area contributed by atoms with Crippen molar-refractivity contribution in [2.45, 2.75) is 27.0 Å². The molecule has 1 heterocycles. The largest absolute Gasteiger partial charge is 0.487 e. The first kappa shape index (κ1) is 12.2. The van der Waals surface area contributed by atoms with E-state index < -0.39 is 0 Å². The van der Waals surface area contributed by atoms with Crippen molar-refractivity contribution >= 4 is 15.9 Å². The lowest BCUT2D eigenvalue weighted by atomic mass is 10.2. The SMILES string of the molecule is CCn1cncc1COc1ccc(Br)c(C)c1. The zero-order valence-corrected chi connectivity index (χ0v) is 11.6. The van der Waals surface area contributed by atoms with E-state index in [2.05, 4.69) is 32.4 Å². The van der Waals surface area contributed by atoms with Crippen LogP contribution in [0.25, 0.3) is 0 Å². The molecule has 0 aliphatic rings. The molecule has 0 saturated carbocycles. The summed E-state index contributed by atoms with van der Waals surface area (Å²) < 4.78 is 8.92. The highest BCUT2D eigenvalue weighted by atomic mass is 79.9. The third-order valence-electron chi connectivity index (χ3n) is 2.66. The van der Waals surface area contributed by atoms with Crippen LogP contribution in [-0.4, -0.2) is 9.55 Å². The molecule has 0 spiro atoms. The van der Waals surface area contributed by atoms with E-state index in [0.717, 1.165) is 22.5 Å². The fraction of sp³-hybridized carbons (Fsp3) is 0.308. The number of hydrogen-bond donors (Lipinski definition) is 0. The van der Waals surface area contributed by atoms with Crippen LogP contribution >= 0.6 is 15.9 Å². The van der Waals surface area contributed by atoms with Crippen molar-refractivity contribution in [2.75, 3.05) is 0 Å². The minimum atomic E-state index is 0.551. The molecule has 0 amide bonds. The van der Waals surface area contributed by atoms with Gasteiger partial charge < -0.3 is 9.30 Å². The highest BCUT2D eigenvalue weighted by molar-refractivity contribution is 9.10.